The number of carbonyl (C=O) groups excluding carboxylic acids is 1. The van der Waals surface area contributed by atoms with Crippen molar-refractivity contribution in [1.82, 2.24) is 4.90 Å². The van der Waals surface area contributed by atoms with Crippen molar-refractivity contribution in [2.75, 3.05) is 18.4 Å². The summed E-state index contributed by atoms with van der Waals surface area (Å²) in [5.41, 5.74) is 0.921. The van der Waals surface area contributed by atoms with Crippen LogP contribution >= 0.6 is 0 Å². The summed E-state index contributed by atoms with van der Waals surface area (Å²) in [5.74, 6) is -0.502. The van der Waals surface area contributed by atoms with Crippen molar-refractivity contribution < 1.29 is 14.7 Å². The van der Waals surface area contributed by atoms with Gasteiger partial charge < -0.3 is 10.4 Å². The van der Waals surface area contributed by atoms with Gasteiger partial charge in [0.15, 0.2) is 0 Å². The predicted molar refractivity (Wildman–Crippen MR) is 66.7 cm³/mol. The van der Waals surface area contributed by atoms with Crippen molar-refractivity contribution in [2.45, 2.75) is 6.92 Å². The highest BCUT2D eigenvalue weighted by Crippen LogP contribution is 2.12. The molecule has 0 saturated carbocycles. The lowest BCUT2D eigenvalue weighted by molar-refractivity contribution is -0.124. The zero-order valence-corrected chi connectivity index (χ0v) is 9.88. The van der Waals surface area contributed by atoms with Crippen LogP contribution in [0.2, 0.25) is 0 Å². The predicted octanol–water partition coefficient (Wildman–Crippen LogP) is 1.01. The summed E-state index contributed by atoms with van der Waals surface area (Å²) >= 11 is 0. The number of carbonyl (C=O) groups is 2. The number of guanidine groups is 1. The molecule has 0 fully saturated rings. The van der Waals surface area contributed by atoms with Crippen LogP contribution in [0.1, 0.15) is 17.3 Å². The van der Waals surface area contributed by atoms with E-state index in [1.165, 1.54) is 12.1 Å². The van der Waals surface area contributed by atoms with Gasteiger partial charge in [-0.1, -0.05) is 0 Å². The first-order valence-electron chi connectivity index (χ1n) is 5.57. The molecule has 0 bridgehead atoms. The van der Waals surface area contributed by atoms with Gasteiger partial charge in [0.1, 0.15) is 6.54 Å². The molecule has 94 valence electrons. The maximum absolute atomic E-state index is 11.4. The number of nitrogens with zero attached hydrogens (tertiary/aromatic N) is 2. The van der Waals surface area contributed by atoms with E-state index >= 15 is 0 Å². The topological polar surface area (TPSA) is 82.0 Å². The van der Waals surface area contributed by atoms with E-state index in [1.54, 1.807) is 17.0 Å². The number of aromatic carboxylic acids is 1. The average molecular weight is 247 g/mol. The van der Waals surface area contributed by atoms with Crippen LogP contribution in [0.3, 0.4) is 0 Å². The summed E-state index contributed by atoms with van der Waals surface area (Å²) in [4.78, 5) is 27.8. The number of aliphatic imine (C=N–C) groups is 1. The Bertz CT molecular complexity index is 508. The highest BCUT2D eigenvalue weighted by atomic mass is 16.4. The lowest BCUT2D eigenvalue weighted by atomic mass is 10.2. The molecule has 1 aromatic rings. The minimum Gasteiger partial charge on any atom is -0.478 e. The van der Waals surface area contributed by atoms with E-state index in [2.05, 4.69) is 10.3 Å². The molecule has 18 heavy (non-hydrogen) atoms. The van der Waals surface area contributed by atoms with Crippen LogP contribution in [0.25, 0.3) is 0 Å². The van der Waals surface area contributed by atoms with Gasteiger partial charge in [-0.15, -0.1) is 0 Å². The van der Waals surface area contributed by atoms with Crippen molar-refractivity contribution in [2.24, 2.45) is 4.99 Å². The van der Waals surface area contributed by atoms with Gasteiger partial charge in [0, 0.05) is 12.2 Å². The van der Waals surface area contributed by atoms with Gasteiger partial charge >= 0.3 is 5.97 Å². The largest absolute Gasteiger partial charge is 0.478 e. The molecular weight excluding hydrogens is 234 g/mol. The standard InChI is InChI=1S/C12H13N3O3/c1-2-15-10(16)7-13-12(15)14-9-5-3-8(4-6-9)11(17)18/h3-6H,2,7H2,1H3,(H,13,14)(H,17,18). The monoisotopic (exact) mass is 247 g/mol. The van der Waals surface area contributed by atoms with Crippen LogP contribution in [0, 0.1) is 0 Å². The number of benzene rings is 1. The lowest BCUT2D eigenvalue weighted by Crippen LogP contribution is -2.36. The van der Waals surface area contributed by atoms with Gasteiger partial charge in [0.2, 0.25) is 5.96 Å². The van der Waals surface area contributed by atoms with Gasteiger partial charge in [-0.25, -0.2) is 9.79 Å². The smallest absolute Gasteiger partial charge is 0.335 e. The highest BCUT2D eigenvalue weighted by Gasteiger charge is 2.23. The number of amides is 1. The first-order chi connectivity index (χ1) is 8.61. The zero-order valence-electron chi connectivity index (χ0n) is 9.88. The Labute approximate surface area is 104 Å². The third-order valence-electron chi connectivity index (χ3n) is 2.63. The number of likely N-dealkylation sites (N-methyl/N-ethyl adjacent to an activating group) is 1. The molecule has 0 atom stereocenters. The quantitative estimate of drug-likeness (QED) is 0.835. The molecule has 2 rings (SSSR count). The van der Waals surface area contributed by atoms with Crippen molar-refractivity contribution in [3.8, 4) is 0 Å². The van der Waals surface area contributed by atoms with Crippen molar-refractivity contribution in [1.29, 1.82) is 0 Å². The normalized spacial score (nSPS) is 14.6. The van der Waals surface area contributed by atoms with Gasteiger partial charge in [-0.3, -0.25) is 9.69 Å². The van der Waals surface area contributed by atoms with Crippen LogP contribution in [0.15, 0.2) is 29.3 Å². The Balaban J connectivity index is 2.10. The lowest BCUT2D eigenvalue weighted by Gasteiger charge is -2.17. The van der Waals surface area contributed by atoms with Crippen LogP contribution in [0.5, 0.6) is 0 Å². The summed E-state index contributed by atoms with van der Waals surface area (Å²) < 4.78 is 0. The van der Waals surface area contributed by atoms with E-state index in [1.807, 2.05) is 6.92 Å². The molecule has 6 nitrogen and oxygen atoms in total. The fourth-order valence-corrected chi connectivity index (χ4v) is 1.69. The number of hydrogen-bond acceptors (Lipinski definition) is 4. The SMILES string of the molecule is CCN1C(=O)CN=C1Nc1ccc(C(=O)O)cc1. The molecule has 1 aromatic carbocycles. The molecule has 0 aliphatic carbocycles. The third-order valence-corrected chi connectivity index (χ3v) is 2.63. The summed E-state index contributed by atoms with van der Waals surface area (Å²) in [7, 11) is 0. The summed E-state index contributed by atoms with van der Waals surface area (Å²) in [6, 6.07) is 6.28. The molecular formula is C12H13N3O3. The maximum atomic E-state index is 11.4. The van der Waals surface area contributed by atoms with Crippen LogP contribution in [0.4, 0.5) is 5.69 Å². The molecule has 0 radical (unpaired) electrons. The number of nitrogens with one attached hydrogen (secondary N) is 1. The van der Waals surface area contributed by atoms with Gasteiger partial charge in [-0.2, -0.15) is 0 Å². The Kier molecular flexibility index (Phi) is 3.27. The number of carboxylic acid groups (broad SMARTS) is 1. The molecule has 0 aromatic heterocycles. The second-order valence-electron chi connectivity index (χ2n) is 3.79. The molecule has 6 heteroatoms. The van der Waals surface area contributed by atoms with E-state index < -0.39 is 5.97 Å². The second kappa shape index (κ2) is 4.87. The van der Waals surface area contributed by atoms with E-state index in [0.717, 1.165) is 0 Å². The number of hydrogen-bond donors (Lipinski definition) is 2. The van der Waals surface area contributed by atoms with E-state index in [9.17, 15) is 9.59 Å². The van der Waals surface area contributed by atoms with E-state index in [-0.39, 0.29) is 18.0 Å². The van der Waals surface area contributed by atoms with Crippen molar-refractivity contribution in [3.05, 3.63) is 29.8 Å². The molecule has 1 heterocycles. The molecule has 1 aliphatic rings. The fourth-order valence-electron chi connectivity index (χ4n) is 1.69. The minimum atomic E-state index is -0.967. The Hall–Kier alpha value is -2.37. The average Bonchev–Trinajstić information content (AvgIpc) is 2.70. The summed E-state index contributed by atoms with van der Waals surface area (Å²) in [6.07, 6.45) is 0. The molecule has 0 unspecified atom stereocenters. The van der Waals surface area contributed by atoms with Gasteiger partial charge in [-0.05, 0) is 31.2 Å². The Morgan fingerprint density at radius 2 is 2.11 bits per heavy atom. The highest BCUT2D eigenvalue weighted by molar-refractivity contribution is 6.09. The Morgan fingerprint density at radius 3 is 2.67 bits per heavy atom. The molecule has 1 aliphatic heterocycles. The second-order valence-corrected chi connectivity index (χ2v) is 3.79. The molecule has 0 spiro atoms. The number of anilines is 1. The summed E-state index contributed by atoms with van der Waals surface area (Å²) in [5, 5.41) is 11.8. The van der Waals surface area contributed by atoms with Crippen LogP contribution in [-0.4, -0.2) is 40.9 Å². The third kappa shape index (κ3) is 2.32. The van der Waals surface area contributed by atoms with Crippen molar-refractivity contribution >= 4 is 23.5 Å². The van der Waals surface area contributed by atoms with E-state index in [4.69, 9.17) is 5.11 Å². The molecule has 2 N–H and O–H groups in total. The number of carboxylic acids is 1. The fraction of sp³-hybridized carbons (Fsp3) is 0.250. The van der Waals surface area contributed by atoms with Crippen LogP contribution < -0.4 is 5.32 Å². The first kappa shape index (κ1) is 12.1. The first-order valence-corrected chi connectivity index (χ1v) is 5.57. The van der Waals surface area contributed by atoms with Crippen molar-refractivity contribution in [3.63, 3.8) is 0 Å². The molecule has 1 amide bonds. The minimum absolute atomic E-state index is 0.0397. The zero-order chi connectivity index (χ0) is 13.1. The van der Waals surface area contributed by atoms with Gasteiger partial charge in [0.05, 0.1) is 5.56 Å². The number of rotatable bonds is 3. The van der Waals surface area contributed by atoms with Crippen LogP contribution in [-0.2, 0) is 4.79 Å². The maximum Gasteiger partial charge on any atom is 0.335 e. The van der Waals surface area contributed by atoms with E-state index in [0.29, 0.717) is 18.2 Å². The molecule has 0 saturated heterocycles. The Morgan fingerprint density at radius 1 is 1.44 bits per heavy atom. The van der Waals surface area contributed by atoms with Gasteiger partial charge in [0.25, 0.3) is 5.91 Å². The summed E-state index contributed by atoms with van der Waals surface area (Å²) in [6.45, 7) is 2.58.